The van der Waals surface area contributed by atoms with Crippen molar-refractivity contribution >= 4 is 5.95 Å². The summed E-state index contributed by atoms with van der Waals surface area (Å²) in [5.74, 6) is 1.88. The van der Waals surface area contributed by atoms with Crippen molar-refractivity contribution in [2.45, 2.75) is 0 Å². The van der Waals surface area contributed by atoms with E-state index in [2.05, 4.69) is 27.4 Å². The Labute approximate surface area is 130 Å². The number of hydrogen-bond acceptors (Lipinski definition) is 5. The van der Waals surface area contributed by atoms with Crippen molar-refractivity contribution in [2.24, 2.45) is 24.4 Å². The van der Waals surface area contributed by atoms with E-state index in [1.165, 1.54) is 0 Å². The largest absolute Gasteiger partial charge is 1.00 e. The molecular formula is C12H21ClN8. The minimum Gasteiger partial charge on any atom is -1.00 e. The summed E-state index contributed by atoms with van der Waals surface area (Å²) in [7, 11) is 7.86. The van der Waals surface area contributed by atoms with Gasteiger partial charge in [0.1, 0.15) is 5.82 Å². The average Bonchev–Trinajstić information content (AvgIpc) is 2.90. The van der Waals surface area contributed by atoms with Crippen molar-refractivity contribution < 1.29 is 17.0 Å². The second-order valence-electron chi connectivity index (χ2n) is 4.59. The molecule has 0 spiro atoms. The normalized spacial score (nSPS) is 14.0. The second kappa shape index (κ2) is 7.65. The SMILES string of the molecule is CN1C=CN(C)C1=CCNN/N=N\c1n(C)cc[n+]1C.[Cl-]. The van der Waals surface area contributed by atoms with Gasteiger partial charge in [-0.25, -0.2) is 20.1 Å². The molecule has 9 heteroatoms. The molecule has 0 aromatic carbocycles. The lowest BCUT2D eigenvalue weighted by molar-refractivity contribution is -0.657. The Morgan fingerprint density at radius 3 is 2.48 bits per heavy atom. The highest BCUT2D eigenvalue weighted by Crippen LogP contribution is 2.13. The summed E-state index contributed by atoms with van der Waals surface area (Å²) in [5.41, 5.74) is 5.68. The van der Waals surface area contributed by atoms with Crippen molar-refractivity contribution in [1.82, 2.24) is 25.3 Å². The second-order valence-corrected chi connectivity index (χ2v) is 4.59. The third kappa shape index (κ3) is 4.20. The molecule has 116 valence electrons. The van der Waals surface area contributed by atoms with Crippen LogP contribution < -0.4 is 27.9 Å². The monoisotopic (exact) mass is 312 g/mol. The molecule has 0 saturated carbocycles. The predicted molar refractivity (Wildman–Crippen MR) is 75.0 cm³/mol. The highest BCUT2D eigenvalue weighted by atomic mass is 35.5. The van der Waals surface area contributed by atoms with Crippen molar-refractivity contribution in [3.8, 4) is 0 Å². The van der Waals surface area contributed by atoms with Crippen LogP contribution in [0.5, 0.6) is 0 Å². The maximum absolute atomic E-state index is 4.09. The third-order valence-electron chi connectivity index (χ3n) is 3.04. The molecular weight excluding hydrogens is 292 g/mol. The summed E-state index contributed by atoms with van der Waals surface area (Å²) < 4.78 is 3.78. The van der Waals surface area contributed by atoms with Gasteiger partial charge in [0, 0.05) is 38.3 Å². The molecule has 1 aliphatic heterocycles. The maximum Gasteiger partial charge on any atom is 0.422 e. The van der Waals surface area contributed by atoms with Gasteiger partial charge >= 0.3 is 5.95 Å². The van der Waals surface area contributed by atoms with Gasteiger partial charge in [0.05, 0.1) is 31.6 Å². The molecule has 1 aliphatic rings. The molecule has 0 fully saturated rings. The van der Waals surface area contributed by atoms with Gasteiger partial charge in [-0.3, -0.25) is 0 Å². The number of rotatable bonds is 5. The highest BCUT2D eigenvalue weighted by Gasteiger charge is 2.11. The van der Waals surface area contributed by atoms with Gasteiger partial charge in [-0.15, -0.1) is 0 Å². The van der Waals surface area contributed by atoms with Gasteiger partial charge in [0.15, 0.2) is 0 Å². The molecule has 0 bridgehead atoms. The summed E-state index contributed by atoms with van der Waals surface area (Å²) in [6, 6.07) is 0. The van der Waals surface area contributed by atoms with Crippen molar-refractivity contribution in [3.05, 3.63) is 36.7 Å². The Bertz CT molecular complexity index is 514. The van der Waals surface area contributed by atoms with Crippen molar-refractivity contribution in [3.63, 3.8) is 0 Å². The Morgan fingerprint density at radius 2 is 1.90 bits per heavy atom. The Morgan fingerprint density at radius 1 is 1.24 bits per heavy atom. The van der Waals surface area contributed by atoms with Crippen molar-refractivity contribution in [1.29, 1.82) is 0 Å². The van der Waals surface area contributed by atoms with Gasteiger partial charge in [0.2, 0.25) is 0 Å². The molecule has 0 amide bonds. The zero-order valence-electron chi connectivity index (χ0n) is 12.7. The summed E-state index contributed by atoms with van der Waals surface area (Å²) in [6.45, 7) is 0.643. The minimum absolute atomic E-state index is 0. The smallest absolute Gasteiger partial charge is 0.422 e. The van der Waals surface area contributed by atoms with E-state index in [0.29, 0.717) is 6.54 Å². The summed E-state index contributed by atoms with van der Waals surface area (Å²) in [4.78, 5) is 4.10. The zero-order valence-corrected chi connectivity index (χ0v) is 13.4. The molecule has 0 unspecified atom stereocenters. The molecule has 1 aromatic heterocycles. The molecule has 21 heavy (non-hydrogen) atoms. The Balaban J connectivity index is 0.00000220. The van der Waals surface area contributed by atoms with Gasteiger partial charge in [-0.05, 0) is 6.08 Å². The molecule has 8 nitrogen and oxygen atoms in total. The van der Waals surface area contributed by atoms with E-state index in [-0.39, 0.29) is 12.4 Å². The minimum atomic E-state index is 0. The highest BCUT2D eigenvalue weighted by molar-refractivity contribution is 5.12. The first-order chi connectivity index (χ1) is 9.59. The number of imidazole rings is 1. The number of aromatic nitrogens is 2. The summed E-state index contributed by atoms with van der Waals surface area (Å²) >= 11 is 0. The first-order valence-electron chi connectivity index (χ1n) is 6.33. The first-order valence-corrected chi connectivity index (χ1v) is 6.33. The quantitative estimate of drug-likeness (QED) is 0.266. The fourth-order valence-electron chi connectivity index (χ4n) is 1.91. The molecule has 0 atom stereocenters. The molecule has 0 aliphatic carbocycles. The maximum atomic E-state index is 4.09. The van der Waals surface area contributed by atoms with Crippen LogP contribution in [0.25, 0.3) is 0 Å². The van der Waals surface area contributed by atoms with E-state index in [4.69, 9.17) is 0 Å². The van der Waals surface area contributed by atoms with Crippen LogP contribution in [0.15, 0.2) is 47.0 Å². The average molecular weight is 313 g/mol. The fraction of sp³-hybridized carbons (Fsp3) is 0.417. The van der Waals surface area contributed by atoms with Crippen LogP contribution in [0.1, 0.15) is 0 Å². The predicted octanol–water partition coefficient (Wildman–Crippen LogP) is -2.86. The number of nitrogens with zero attached hydrogens (tertiary/aromatic N) is 6. The van der Waals surface area contributed by atoms with Crippen LogP contribution in [0.4, 0.5) is 5.95 Å². The zero-order chi connectivity index (χ0) is 14.5. The van der Waals surface area contributed by atoms with Crippen LogP contribution >= 0.6 is 0 Å². The Kier molecular flexibility index (Phi) is 6.19. The molecule has 2 N–H and O–H groups in total. The van der Waals surface area contributed by atoms with Crippen LogP contribution in [0.3, 0.4) is 0 Å². The summed E-state index contributed by atoms with van der Waals surface area (Å²) in [5, 5.41) is 7.98. The third-order valence-corrected chi connectivity index (χ3v) is 3.04. The lowest BCUT2D eigenvalue weighted by atomic mass is 10.5. The topological polar surface area (TPSA) is 64.1 Å². The molecule has 0 saturated heterocycles. The Hall–Kier alpha value is -2.06. The van der Waals surface area contributed by atoms with Gasteiger partial charge in [0.25, 0.3) is 0 Å². The van der Waals surface area contributed by atoms with Crippen LogP contribution in [0.2, 0.25) is 0 Å². The fourth-order valence-corrected chi connectivity index (χ4v) is 1.91. The molecule has 0 radical (unpaired) electrons. The molecule has 1 aromatic rings. The van der Waals surface area contributed by atoms with Gasteiger partial charge in [-0.1, -0.05) is 0 Å². The number of nitrogens with one attached hydrogen (secondary N) is 2. The molecule has 2 rings (SSSR count). The van der Waals surface area contributed by atoms with Gasteiger partial charge < -0.3 is 22.2 Å². The molecule has 2 heterocycles. The number of hydrogen-bond donors (Lipinski definition) is 2. The van der Waals surface area contributed by atoms with E-state index >= 15 is 0 Å². The standard InChI is InChI=1S/C12H20N8.ClH/c1-17-7-8-18(2)11(17)5-6-13-15-16-14-12-19(3)9-10-20(12)4;/h5,7-10H,6H2,1-4H3,(H,13,16);1H. The number of halogens is 1. The van der Waals surface area contributed by atoms with Gasteiger partial charge in [-0.2, -0.15) is 0 Å². The summed E-state index contributed by atoms with van der Waals surface area (Å²) in [6.07, 6.45) is 9.92. The number of hydrazine groups is 1. The van der Waals surface area contributed by atoms with Crippen LogP contribution in [-0.2, 0) is 14.1 Å². The number of aryl methyl sites for hydroxylation is 2. The van der Waals surface area contributed by atoms with Crippen LogP contribution in [0, 0.1) is 0 Å². The van der Waals surface area contributed by atoms with E-state index in [9.17, 15) is 0 Å². The van der Waals surface area contributed by atoms with Crippen molar-refractivity contribution in [2.75, 3.05) is 20.6 Å². The first kappa shape index (κ1) is 17.0. The lowest BCUT2D eigenvalue weighted by Crippen LogP contribution is -3.00. The van der Waals surface area contributed by atoms with E-state index in [0.717, 1.165) is 11.8 Å². The van der Waals surface area contributed by atoms with E-state index in [1.54, 1.807) is 0 Å². The van der Waals surface area contributed by atoms with E-state index in [1.807, 2.05) is 71.9 Å². The van der Waals surface area contributed by atoms with Crippen LogP contribution in [-0.4, -0.2) is 35.0 Å². The lowest BCUT2D eigenvalue weighted by Gasteiger charge is -2.17. The van der Waals surface area contributed by atoms with E-state index < -0.39 is 0 Å².